The molecule has 2 rings (SSSR count). The number of likely N-dealkylation sites (N-methyl/N-ethyl adjacent to an activating group) is 1. The van der Waals surface area contributed by atoms with Crippen LogP contribution in [0.3, 0.4) is 0 Å². The van der Waals surface area contributed by atoms with Gasteiger partial charge in [0.2, 0.25) is 0 Å². The average Bonchev–Trinajstić information content (AvgIpc) is 2.84. The van der Waals surface area contributed by atoms with Gasteiger partial charge in [0, 0.05) is 15.8 Å². The first-order valence-electron chi connectivity index (χ1n) is 7.79. The van der Waals surface area contributed by atoms with Crippen LogP contribution >= 0.6 is 11.3 Å². The summed E-state index contributed by atoms with van der Waals surface area (Å²) in [6.45, 7) is 12.1. The van der Waals surface area contributed by atoms with Gasteiger partial charge in [-0.05, 0) is 48.6 Å². The van der Waals surface area contributed by atoms with E-state index in [2.05, 4.69) is 76.3 Å². The maximum absolute atomic E-state index is 3.62. The second kappa shape index (κ2) is 6.76. The van der Waals surface area contributed by atoms with Gasteiger partial charge in [-0.3, -0.25) is 0 Å². The number of hydrogen-bond donors (Lipinski definition) is 1. The summed E-state index contributed by atoms with van der Waals surface area (Å²) >= 11 is 1.90. The Labute approximate surface area is 133 Å². The third-order valence-electron chi connectivity index (χ3n) is 3.81. The molecule has 0 spiro atoms. The first-order chi connectivity index (χ1) is 9.90. The van der Waals surface area contributed by atoms with Gasteiger partial charge in [-0.1, -0.05) is 52.0 Å². The molecule has 0 saturated heterocycles. The van der Waals surface area contributed by atoms with Gasteiger partial charge < -0.3 is 5.32 Å². The quantitative estimate of drug-likeness (QED) is 0.795. The van der Waals surface area contributed by atoms with E-state index in [1.807, 2.05) is 11.3 Å². The zero-order chi connectivity index (χ0) is 15.5. The number of thiophene rings is 1. The molecule has 1 N–H and O–H groups in total. The van der Waals surface area contributed by atoms with E-state index in [0.717, 1.165) is 13.0 Å². The molecular formula is C19H27NS. The third kappa shape index (κ3) is 4.42. The third-order valence-corrected chi connectivity index (χ3v) is 4.93. The Morgan fingerprint density at radius 2 is 1.71 bits per heavy atom. The first kappa shape index (κ1) is 16.3. The minimum Gasteiger partial charge on any atom is -0.309 e. The van der Waals surface area contributed by atoms with Crippen LogP contribution in [0, 0.1) is 6.92 Å². The minimum atomic E-state index is 0.227. The van der Waals surface area contributed by atoms with Gasteiger partial charge >= 0.3 is 0 Å². The van der Waals surface area contributed by atoms with Crippen molar-refractivity contribution in [3.63, 3.8) is 0 Å². The molecular weight excluding hydrogens is 274 g/mol. The van der Waals surface area contributed by atoms with E-state index in [0.29, 0.717) is 6.04 Å². The molecule has 0 aliphatic heterocycles. The summed E-state index contributed by atoms with van der Waals surface area (Å²) in [7, 11) is 0. The largest absolute Gasteiger partial charge is 0.309 e. The van der Waals surface area contributed by atoms with Crippen molar-refractivity contribution in [1.29, 1.82) is 0 Å². The summed E-state index contributed by atoms with van der Waals surface area (Å²) in [4.78, 5) is 2.82. The van der Waals surface area contributed by atoms with Crippen molar-refractivity contribution in [1.82, 2.24) is 5.32 Å². The molecule has 0 aliphatic rings. The molecule has 1 atom stereocenters. The molecule has 1 aromatic heterocycles. The molecule has 1 aromatic carbocycles. The van der Waals surface area contributed by atoms with Gasteiger partial charge in [-0.2, -0.15) is 0 Å². The van der Waals surface area contributed by atoms with Gasteiger partial charge in [-0.25, -0.2) is 0 Å². The fraction of sp³-hybridized carbons (Fsp3) is 0.474. The van der Waals surface area contributed by atoms with Crippen LogP contribution in [0.15, 0.2) is 36.4 Å². The van der Waals surface area contributed by atoms with Crippen LogP contribution in [0.4, 0.5) is 0 Å². The molecule has 1 heterocycles. The molecule has 1 unspecified atom stereocenters. The van der Waals surface area contributed by atoms with Crippen molar-refractivity contribution >= 4 is 11.3 Å². The summed E-state index contributed by atoms with van der Waals surface area (Å²) < 4.78 is 0. The van der Waals surface area contributed by atoms with E-state index in [-0.39, 0.29) is 5.41 Å². The number of rotatable bonds is 5. The zero-order valence-electron chi connectivity index (χ0n) is 13.9. The summed E-state index contributed by atoms with van der Waals surface area (Å²) in [5.74, 6) is 0. The predicted molar refractivity (Wildman–Crippen MR) is 94.3 cm³/mol. The van der Waals surface area contributed by atoms with Crippen LogP contribution in [0.5, 0.6) is 0 Å². The molecule has 0 bridgehead atoms. The highest BCUT2D eigenvalue weighted by atomic mass is 32.1. The Bertz CT molecular complexity index is 560. The van der Waals surface area contributed by atoms with E-state index in [4.69, 9.17) is 0 Å². The molecule has 2 aromatic rings. The number of hydrogen-bond acceptors (Lipinski definition) is 2. The normalized spacial score (nSPS) is 13.4. The summed E-state index contributed by atoms with van der Waals surface area (Å²) in [5, 5.41) is 3.62. The molecule has 21 heavy (non-hydrogen) atoms. The Morgan fingerprint density at radius 3 is 2.19 bits per heavy atom. The lowest BCUT2D eigenvalue weighted by atomic mass is 9.86. The number of benzene rings is 1. The van der Waals surface area contributed by atoms with Crippen molar-refractivity contribution in [3.05, 3.63) is 57.3 Å². The second-order valence-electron chi connectivity index (χ2n) is 6.71. The SMILES string of the molecule is CCNC(Cc1ccc(C(C)(C)C)cc1)c1ccc(C)s1. The van der Waals surface area contributed by atoms with Crippen molar-refractivity contribution in [2.45, 2.75) is 52.5 Å². The summed E-state index contributed by atoms with van der Waals surface area (Å²) in [6.07, 6.45) is 1.05. The monoisotopic (exact) mass is 301 g/mol. The maximum Gasteiger partial charge on any atom is 0.0455 e. The van der Waals surface area contributed by atoms with Crippen LogP contribution in [0.2, 0.25) is 0 Å². The number of nitrogens with one attached hydrogen (secondary N) is 1. The van der Waals surface area contributed by atoms with Gasteiger partial charge in [0.25, 0.3) is 0 Å². The topological polar surface area (TPSA) is 12.0 Å². The molecule has 0 radical (unpaired) electrons. The number of aryl methyl sites for hydroxylation is 1. The predicted octanol–water partition coefficient (Wildman–Crippen LogP) is 5.25. The average molecular weight is 301 g/mol. The smallest absolute Gasteiger partial charge is 0.0455 e. The molecule has 2 heteroatoms. The van der Waals surface area contributed by atoms with Crippen molar-refractivity contribution in [3.8, 4) is 0 Å². The summed E-state index contributed by atoms with van der Waals surface area (Å²) in [6, 6.07) is 14.0. The standard InChI is InChI=1S/C19H27NS/c1-6-20-17(18-12-7-14(2)21-18)13-15-8-10-16(11-9-15)19(3,4)5/h7-12,17,20H,6,13H2,1-5H3. The van der Waals surface area contributed by atoms with Crippen molar-refractivity contribution in [2.75, 3.05) is 6.54 Å². The van der Waals surface area contributed by atoms with Gasteiger partial charge in [0.05, 0.1) is 0 Å². The van der Waals surface area contributed by atoms with Crippen LogP contribution in [0.1, 0.15) is 54.6 Å². The fourth-order valence-electron chi connectivity index (χ4n) is 2.54. The lowest BCUT2D eigenvalue weighted by Crippen LogP contribution is -2.22. The molecule has 0 aliphatic carbocycles. The minimum absolute atomic E-state index is 0.227. The highest BCUT2D eigenvalue weighted by Crippen LogP contribution is 2.27. The van der Waals surface area contributed by atoms with E-state index in [1.54, 1.807) is 0 Å². The van der Waals surface area contributed by atoms with Crippen molar-refractivity contribution < 1.29 is 0 Å². The fourth-order valence-corrected chi connectivity index (χ4v) is 3.49. The Hall–Kier alpha value is -1.12. The van der Waals surface area contributed by atoms with Gasteiger partial charge in [0.15, 0.2) is 0 Å². The van der Waals surface area contributed by atoms with E-state index in [9.17, 15) is 0 Å². The molecule has 114 valence electrons. The van der Waals surface area contributed by atoms with Crippen LogP contribution in [-0.4, -0.2) is 6.54 Å². The molecule has 0 amide bonds. The van der Waals surface area contributed by atoms with E-state index in [1.165, 1.54) is 20.9 Å². The molecule has 1 nitrogen and oxygen atoms in total. The maximum atomic E-state index is 3.62. The summed E-state index contributed by atoms with van der Waals surface area (Å²) in [5.41, 5.74) is 3.03. The molecule has 0 fully saturated rings. The highest BCUT2D eigenvalue weighted by Gasteiger charge is 2.15. The van der Waals surface area contributed by atoms with Gasteiger partial charge in [0.1, 0.15) is 0 Å². The lowest BCUT2D eigenvalue weighted by molar-refractivity contribution is 0.557. The lowest BCUT2D eigenvalue weighted by Gasteiger charge is -2.20. The van der Waals surface area contributed by atoms with Crippen molar-refractivity contribution in [2.24, 2.45) is 0 Å². The Kier molecular flexibility index (Phi) is 5.23. The first-order valence-corrected chi connectivity index (χ1v) is 8.61. The Balaban J connectivity index is 2.14. The van der Waals surface area contributed by atoms with E-state index >= 15 is 0 Å². The highest BCUT2D eigenvalue weighted by molar-refractivity contribution is 7.12. The Morgan fingerprint density at radius 1 is 1.05 bits per heavy atom. The van der Waals surface area contributed by atoms with Gasteiger partial charge in [-0.15, -0.1) is 11.3 Å². The zero-order valence-corrected chi connectivity index (χ0v) is 14.7. The second-order valence-corrected chi connectivity index (χ2v) is 8.03. The molecule has 0 saturated carbocycles. The van der Waals surface area contributed by atoms with Crippen LogP contribution in [0.25, 0.3) is 0 Å². The van der Waals surface area contributed by atoms with E-state index < -0.39 is 0 Å². The van der Waals surface area contributed by atoms with Crippen LogP contribution in [-0.2, 0) is 11.8 Å². The van der Waals surface area contributed by atoms with Crippen LogP contribution < -0.4 is 5.32 Å².